The van der Waals surface area contributed by atoms with Crippen molar-refractivity contribution in [3.05, 3.63) is 83.9 Å². The second-order valence-electron chi connectivity index (χ2n) is 6.83. The smallest absolute Gasteiger partial charge is 0.255 e. The molecule has 0 aliphatic rings. The van der Waals surface area contributed by atoms with E-state index < -0.39 is 0 Å². The highest BCUT2D eigenvalue weighted by molar-refractivity contribution is 6.06. The Morgan fingerprint density at radius 3 is 2.23 bits per heavy atom. The average molecular weight is 403 g/mol. The quantitative estimate of drug-likeness (QED) is 0.393. The number of Topliss-reactive ketones (excluding diaryl/α,β-unsaturated/α-hetero) is 1. The molecule has 5 nitrogen and oxygen atoms in total. The molecule has 3 aromatic carbocycles. The van der Waals surface area contributed by atoms with Gasteiger partial charge in [-0.3, -0.25) is 9.59 Å². The van der Waals surface area contributed by atoms with Crippen LogP contribution < -0.4 is 10.1 Å². The fourth-order valence-corrected chi connectivity index (χ4v) is 3.16. The van der Waals surface area contributed by atoms with Gasteiger partial charge in [0.05, 0.1) is 12.7 Å². The summed E-state index contributed by atoms with van der Waals surface area (Å²) in [5.74, 6) is 0.201. The van der Waals surface area contributed by atoms with Gasteiger partial charge in [0.2, 0.25) is 0 Å². The number of amides is 1. The summed E-state index contributed by atoms with van der Waals surface area (Å²) in [6, 6.07) is 22.5. The zero-order valence-corrected chi connectivity index (χ0v) is 17.2. The maximum absolute atomic E-state index is 12.7. The van der Waals surface area contributed by atoms with E-state index in [0.29, 0.717) is 42.0 Å². The Hall–Kier alpha value is -3.44. The van der Waals surface area contributed by atoms with Crippen LogP contribution in [0, 0.1) is 0 Å². The molecule has 3 rings (SSSR count). The van der Waals surface area contributed by atoms with Gasteiger partial charge in [0.25, 0.3) is 5.91 Å². The van der Waals surface area contributed by atoms with E-state index in [0.717, 1.165) is 11.1 Å². The molecular formula is C25H25NO4. The molecule has 0 aromatic heterocycles. The highest BCUT2D eigenvalue weighted by Gasteiger charge is 2.14. The Kier molecular flexibility index (Phi) is 7.35. The summed E-state index contributed by atoms with van der Waals surface area (Å²) >= 11 is 0. The Morgan fingerprint density at radius 2 is 1.57 bits per heavy atom. The van der Waals surface area contributed by atoms with Crippen LogP contribution in [0.2, 0.25) is 0 Å². The molecule has 0 aliphatic carbocycles. The van der Waals surface area contributed by atoms with Crippen molar-refractivity contribution in [3.63, 3.8) is 0 Å². The Balaban J connectivity index is 1.73. The number of ether oxygens (including phenoxy) is 2. The molecule has 3 aromatic rings. The maximum Gasteiger partial charge on any atom is 0.255 e. The predicted octanol–water partition coefficient (Wildman–Crippen LogP) is 5.22. The van der Waals surface area contributed by atoms with E-state index in [2.05, 4.69) is 5.32 Å². The van der Waals surface area contributed by atoms with Crippen LogP contribution in [0.15, 0.2) is 72.8 Å². The summed E-state index contributed by atoms with van der Waals surface area (Å²) in [7, 11) is 3.13. The molecule has 1 amide bonds. The molecule has 0 bridgehead atoms. The van der Waals surface area contributed by atoms with Crippen LogP contribution in [0.3, 0.4) is 0 Å². The summed E-state index contributed by atoms with van der Waals surface area (Å²) in [5, 5.41) is 2.86. The van der Waals surface area contributed by atoms with E-state index in [1.54, 1.807) is 37.4 Å². The van der Waals surface area contributed by atoms with Crippen molar-refractivity contribution < 1.29 is 19.1 Å². The zero-order chi connectivity index (χ0) is 21.3. The van der Waals surface area contributed by atoms with Crippen LogP contribution in [0.25, 0.3) is 11.1 Å². The van der Waals surface area contributed by atoms with Gasteiger partial charge in [0.15, 0.2) is 5.78 Å². The van der Waals surface area contributed by atoms with Crippen LogP contribution in [-0.2, 0) is 4.74 Å². The Labute approximate surface area is 176 Å². The Morgan fingerprint density at radius 1 is 0.867 bits per heavy atom. The van der Waals surface area contributed by atoms with Crippen molar-refractivity contribution in [3.8, 4) is 16.9 Å². The lowest BCUT2D eigenvalue weighted by Gasteiger charge is -2.11. The van der Waals surface area contributed by atoms with E-state index in [1.807, 2.05) is 42.5 Å². The van der Waals surface area contributed by atoms with Gasteiger partial charge >= 0.3 is 0 Å². The van der Waals surface area contributed by atoms with Gasteiger partial charge in [0.1, 0.15) is 5.75 Å². The minimum absolute atomic E-state index is 0.0489. The number of benzene rings is 3. The standard InChI is InChI=1S/C25H25NO4/c1-29-16-6-9-23(27)22-17-21(14-15-24(22)30-2)26-25(28)20-12-10-19(11-13-20)18-7-4-3-5-8-18/h3-5,7-8,10-15,17H,6,9,16H2,1-2H3,(H,26,28). The zero-order valence-electron chi connectivity index (χ0n) is 17.2. The summed E-state index contributed by atoms with van der Waals surface area (Å²) < 4.78 is 10.3. The highest BCUT2D eigenvalue weighted by atomic mass is 16.5. The molecule has 0 atom stereocenters. The third-order valence-corrected chi connectivity index (χ3v) is 4.76. The SMILES string of the molecule is COCCCC(=O)c1cc(NC(=O)c2ccc(-c3ccccc3)cc2)ccc1OC. The topological polar surface area (TPSA) is 64.6 Å². The van der Waals surface area contributed by atoms with Gasteiger partial charge in [-0.25, -0.2) is 0 Å². The third-order valence-electron chi connectivity index (χ3n) is 4.76. The van der Waals surface area contributed by atoms with Crippen LogP contribution >= 0.6 is 0 Å². The lowest BCUT2D eigenvalue weighted by Crippen LogP contribution is -2.13. The minimum Gasteiger partial charge on any atom is -0.496 e. The van der Waals surface area contributed by atoms with Crippen molar-refractivity contribution in [1.29, 1.82) is 0 Å². The van der Waals surface area contributed by atoms with Gasteiger partial charge < -0.3 is 14.8 Å². The van der Waals surface area contributed by atoms with E-state index in [1.165, 1.54) is 7.11 Å². The molecule has 0 saturated carbocycles. The molecule has 0 radical (unpaired) electrons. The van der Waals surface area contributed by atoms with Crippen molar-refractivity contribution in [2.24, 2.45) is 0 Å². The van der Waals surface area contributed by atoms with Crippen LogP contribution in [-0.4, -0.2) is 32.5 Å². The molecule has 1 N–H and O–H groups in total. The summed E-state index contributed by atoms with van der Waals surface area (Å²) in [6.45, 7) is 0.517. The summed E-state index contributed by atoms with van der Waals surface area (Å²) in [6.07, 6.45) is 0.978. The molecular weight excluding hydrogens is 378 g/mol. The van der Waals surface area contributed by atoms with Crippen molar-refractivity contribution >= 4 is 17.4 Å². The van der Waals surface area contributed by atoms with Crippen LogP contribution in [0.5, 0.6) is 5.75 Å². The van der Waals surface area contributed by atoms with Crippen molar-refractivity contribution in [2.75, 3.05) is 26.1 Å². The summed E-state index contributed by atoms with van der Waals surface area (Å²) in [5.41, 5.74) is 3.67. The first-order valence-electron chi connectivity index (χ1n) is 9.79. The number of nitrogens with one attached hydrogen (secondary N) is 1. The lowest BCUT2D eigenvalue weighted by molar-refractivity contribution is 0.0959. The van der Waals surface area contributed by atoms with Crippen LogP contribution in [0.4, 0.5) is 5.69 Å². The van der Waals surface area contributed by atoms with E-state index in [9.17, 15) is 9.59 Å². The van der Waals surface area contributed by atoms with Gasteiger partial charge in [0, 0.05) is 31.4 Å². The van der Waals surface area contributed by atoms with Gasteiger partial charge in [-0.1, -0.05) is 42.5 Å². The second-order valence-corrected chi connectivity index (χ2v) is 6.83. The first-order valence-corrected chi connectivity index (χ1v) is 9.79. The second kappa shape index (κ2) is 10.4. The third kappa shape index (κ3) is 5.33. The molecule has 30 heavy (non-hydrogen) atoms. The molecule has 0 spiro atoms. The molecule has 154 valence electrons. The maximum atomic E-state index is 12.7. The normalized spacial score (nSPS) is 10.5. The number of anilines is 1. The number of hydrogen-bond donors (Lipinski definition) is 1. The average Bonchev–Trinajstić information content (AvgIpc) is 2.79. The summed E-state index contributed by atoms with van der Waals surface area (Å²) in [4.78, 5) is 25.2. The lowest BCUT2D eigenvalue weighted by atomic mass is 10.0. The Bertz CT molecular complexity index is 997. The van der Waals surface area contributed by atoms with E-state index in [4.69, 9.17) is 9.47 Å². The first-order chi connectivity index (χ1) is 14.6. The molecule has 0 unspecified atom stereocenters. The number of methoxy groups -OCH3 is 2. The number of ketones is 1. The number of carbonyl (C=O) groups excluding carboxylic acids is 2. The molecule has 5 heteroatoms. The van der Waals surface area contributed by atoms with Crippen molar-refractivity contribution in [2.45, 2.75) is 12.8 Å². The van der Waals surface area contributed by atoms with Crippen molar-refractivity contribution in [1.82, 2.24) is 0 Å². The number of hydrogen-bond acceptors (Lipinski definition) is 4. The highest BCUT2D eigenvalue weighted by Crippen LogP contribution is 2.25. The number of rotatable bonds is 9. The monoisotopic (exact) mass is 403 g/mol. The largest absolute Gasteiger partial charge is 0.496 e. The van der Waals surface area contributed by atoms with Gasteiger partial charge in [-0.05, 0) is 47.9 Å². The molecule has 0 saturated heterocycles. The number of carbonyl (C=O) groups is 2. The van der Waals surface area contributed by atoms with E-state index >= 15 is 0 Å². The first kappa shape index (κ1) is 21.3. The molecule has 0 aliphatic heterocycles. The minimum atomic E-state index is -0.238. The molecule has 0 heterocycles. The van der Waals surface area contributed by atoms with Gasteiger partial charge in [-0.15, -0.1) is 0 Å². The van der Waals surface area contributed by atoms with E-state index in [-0.39, 0.29) is 11.7 Å². The predicted molar refractivity (Wildman–Crippen MR) is 118 cm³/mol. The molecule has 0 fully saturated rings. The van der Waals surface area contributed by atoms with Gasteiger partial charge in [-0.2, -0.15) is 0 Å². The fourth-order valence-electron chi connectivity index (χ4n) is 3.16. The fraction of sp³-hybridized carbons (Fsp3) is 0.200. The van der Waals surface area contributed by atoms with Crippen LogP contribution in [0.1, 0.15) is 33.6 Å².